The van der Waals surface area contributed by atoms with Gasteiger partial charge >= 0.3 is 0 Å². The molecule has 4 nitrogen and oxygen atoms in total. The van der Waals surface area contributed by atoms with Gasteiger partial charge in [0.05, 0.1) is 0 Å². The van der Waals surface area contributed by atoms with Crippen LogP contribution in [0.2, 0.25) is 0 Å². The van der Waals surface area contributed by atoms with Crippen molar-refractivity contribution in [3.63, 3.8) is 0 Å². The number of carbonyl (C=O) groups is 2. The molecule has 6 heteroatoms. The number of nitrogens with one attached hydrogen (secondary N) is 1. The molecule has 3 fully saturated rings. The molecule has 2 atom stereocenters. The first-order chi connectivity index (χ1) is 9.59. The van der Waals surface area contributed by atoms with Crippen LogP contribution in [0.3, 0.4) is 0 Å². The van der Waals surface area contributed by atoms with E-state index in [2.05, 4.69) is 5.32 Å². The molecule has 3 aliphatic rings. The number of carbonyl (C=O) groups excluding carboxylic acids is 2. The predicted octanol–water partition coefficient (Wildman–Crippen LogP) is 1.35. The summed E-state index contributed by atoms with van der Waals surface area (Å²) in [7, 11) is 0. The zero-order valence-electron chi connectivity index (χ0n) is 11.9. The van der Waals surface area contributed by atoms with Gasteiger partial charge in [0, 0.05) is 42.0 Å². The summed E-state index contributed by atoms with van der Waals surface area (Å²) in [5.41, 5.74) is -0.653. The second-order valence-corrected chi connectivity index (χ2v) is 8.65. The summed E-state index contributed by atoms with van der Waals surface area (Å²) in [5, 5.41) is 3.51. The zero-order valence-corrected chi connectivity index (χ0v) is 13.5. The number of hydrogen-bond acceptors (Lipinski definition) is 4. The van der Waals surface area contributed by atoms with E-state index >= 15 is 0 Å². The summed E-state index contributed by atoms with van der Waals surface area (Å²) in [6, 6.07) is 0. The van der Waals surface area contributed by atoms with Gasteiger partial charge in [-0.05, 0) is 25.7 Å². The van der Waals surface area contributed by atoms with Crippen molar-refractivity contribution in [2.24, 2.45) is 5.92 Å². The number of rotatable bonds is 3. The second-order valence-electron chi connectivity index (χ2n) is 6.09. The lowest BCUT2D eigenvalue weighted by molar-refractivity contribution is -0.139. The van der Waals surface area contributed by atoms with Crippen LogP contribution in [0, 0.1) is 5.92 Å². The van der Waals surface area contributed by atoms with E-state index in [0.717, 1.165) is 25.1 Å². The maximum absolute atomic E-state index is 12.9. The molecule has 1 aliphatic carbocycles. The molecule has 2 unspecified atom stereocenters. The molecule has 3 rings (SSSR count). The first-order valence-electron chi connectivity index (χ1n) is 7.39. The van der Waals surface area contributed by atoms with E-state index in [9.17, 15) is 9.59 Å². The van der Waals surface area contributed by atoms with E-state index < -0.39 is 5.54 Å². The van der Waals surface area contributed by atoms with Gasteiger partial charge in [0.1, 0.15) is 5.54 Å². The van der Waals surface area contributed by atoms with Crippen LogP contribution in [0.25, 0.3) is 0 Å². The van der Waals surface area contributed by atoms with E-state index in [1.807, 2.05) is 35.3 Å². The highest BCUT2D eigenvalue weighted by Crippen LogP contribution is 2.41. The van der Waals surface area contributed by atoms with E-state index in [1.165, 1.54) is 11.5 Å². The minimum absolute atomic E-state index is 0.0286. The Morgan fingerprint density at radius 3 is 2.80 bits per heavy atom. The van der Waals surface area contributed by atoms with Crippen molar-refractivity contribution in [1.82, 2.24) is 10.2 Å². The lowest BCUT2D eigenvalue weighted by atomic mass is 9.94. The molecule has 2 heterocycles. The summed E-state index contributed by atoms with van der Waals surface area (Å²) >= 11 is 3.95. The average molecular weight is 314 g/mol. The molecule has 20 heavy (non-hydrogen) atoms. The van der Waals surface area contributed by atoms with Gasteiger partial charge in [-0.15, -0.1) is 0 Å². The third-order valence-electron chi connectivity index (χ3n) is 4.44. The van der Waals surface area contributed by atoms with Gasteiger partial charge in [0.2, 0.25) is 11.8 Å². The van der Waals surface area contributed by atoms with Gasteiger partial charge in [0.15, 0.2) is 0 Å². The van der Waals surface area contributed by atoms with Crippen molar-refractivity contribution < 1.29 is 9.59 Å². The van der Waals surface area contributed by atoms with Crippen LogP contribution in [0.15, 0.2) is 0 Å². The maximum Gasteiger partial charge on any atom is 0.248 e. The number of amides is 2. The van der Waals surface area contributed by atoms with Crippen LogP contribution in [-0.4, -0.2) is 57.9 Å². The van der Waals surface area contributed by atoms with Crippen molar-refractivity contribution in [2.75, 3.05) is 30.3 Å². The molecule has 0 radical (unpaired) electrons. The average Bonchev–Trinajstić information content (AvgIpc) is 3.28. The monoisotopic (exact) mass is 314 g/mol. The predicted molar refractivity (Wildman–Crippen MR) is 84.0 cm³/mol. The molecule has 0 aromatic carbocycles. The minimum atomic E-state index is -0.653. The summed E-state index contributed by atoms with van der Waals surface area (Å²) in [5.74, 6) is 4.02. The Kier molecular flexibility index (Phi) is 4.22. The van der Waals surface area contributed by atoms with Crippen LogP contribution in [-0.2, 0) is 9.59 Å². The van der Waals surface area contributed by atoms with Crippen molar-refractivity contribution in [2.45, 2.75) is 37.0 Å². The maximum atomic E-state index is 12.9. The molecule has 2 aliphatic heterocycles. The molecular formula is C14H22N2O2S2. The number of thioether (sulfide) groups is 2. The van der Waals surface area contributed by atoms with Crippen LogP contribution >= 0.6 is 23.5 Å². The Labute approximate surface area is 128 Å². The van der Waals surface area contributed by atoms with Crippen LogP contribution in [0.1, 0.15) is 26.2 Å². The molecule has 112 valence electrons. The van der Waals surface area contributed by atoms with Gasteiger partial charge in [-0.3, -0.25) is 9.59 Å². The summed E-state index contributed by atoms with van der Waals surface area (Å²) in [6.07, 6.45) is 2.56. The molecular weight excluding hydrogens is 292 g/mol. The van der Waals surface area contributed by atoms with E-state index in [4.69, 9.17) is 0 Å². The highest BCUT2D eigenvalue weighted by Gasteiger charge is 2.51. The lowest BCUT2D eigenvalue weighted by Crippen LogP contribution is -2.57. The molecule has 1 N–H and O–H groups in total. The highest BCUT2D eigenvalue weighted by molar-refractivity contribution is 8.06. The van der Waals surface area contributed by atoms with Gasteiger partial charge < -0.3 is 10.2 Å². The van der Waals surface area contributed by atoms with Crippen LogP contribution < -0.4 is 5.32 Å². The quantitative estimate of drug-likeness (QED) is 0.854. The Morgan fingerprint density at radius 1 is 1.35 bits per heavy atom. The van der Waals surface area contributed by atoms with Gasteiger partial charge in [-0.2, -0.15) is 23.5 Å². The first-order valence-corrected chi connectivity index (χ1v) is 9.59. The van der Waals surface area contributed by atoms with E-state index in [0.29, 0.717) is 24.1 Å². The fourth-order valence-electron chi connectivity index (χ4n) is 3.07. The summed E-state index contributed by atoms with van der Waals surface area (Å²) in [6.45, 7) is 3.30. The van der Waals surface area contributed by atoms with Gasteiger partial charge in [-0.1, -0.05) is 0 Å². The molecule has 1 saturated carbocycles. The van der Waals surface area contributed by atoms with Gasteiger partial charge in [-0.25, -0.2) is 0 Å². The van der Waals surface area contributed by atoms with Gasteiger partial charge in [0.25, 0.3) is 0 Å². The van der Waals surface area contributed by atoms with E-state index in [1.54, 1.807) is 0 Å². The lowest BCUT2D eigenvalue weighted by Gasteiger charge is -2.34. The topological polar surface area (TPSA) is 49.4 Å². The second kappa shape index (κ2) is 5.79. The van der Waals surface area contributed by atoms with E-state index in [-0.39, 0.29) is 11.8 Å². The Morgan fingerprint density at radius 2 is 2.15 bits per heavy atom. The fourth-order valence-corrected chi connectivity index (χ4v) is 5.76. The van der Waals surface area contributed by atoms with Crippen molar-refractivity contribution in [3.8, 4) is 0 Å². The minimum Gasteiger partial charge on any atom is -0.342 e. The Balaban J connectivity index is 1.72. The van der Waals surface area contributed by atoms with Crippen LogP contribution in [0.4, 0.5) is 0 Å². The molecule has 0 aromatic heterocycles. The molecule has 0 aromatic rings. The zero-order chi connectivity index (χ0) is 14.2. The largest absolute Gasteiger partial charge is 0.342 e. The third-order valence-corrected chi connectivity index (χ3v) is 7.27. The normalized spacial score (nSPS) is 35.6. The smallest absolute Gasteiger partial charge is 0.248 e. The standard InChI is InChI=1S/C14H22N2O2S2/c1-14(10-2-3-10)13(18)16(5-4-12(17)15-14)8-11-9-19-6-7-20-11/h10-11H,2-9H2,1H3,(H,15,17). The summed E-state index contributed by atoms with van der Waals surface area (Å²) in [4.78, 5) is 26.7. The fraction of sp³-hybridized carbons (Fsp3) is 0.857. The number of nitrogens with zero attached hydrogens (tertiary/aromatic N) is 1. The first kappa shape index (κ1) is 14.6. The molecule has 2 amide bonds. The highest BCUT2D eigenvalue weighted by atomic mass is 32.2. The summed E-state index contributed by atoms with van der Waals surface area (Å²) < 4.78 is 0. The van der Waals surface area contributed by atoms with Crippen LogP contribution in [0.5, 0.6) is 0 Å². The Hall–Kier alpha value is -0.360. The van der Waals surface area contributed by atoms with Crippen molar-refractivity contribution in [1.29, 1.82) is 0 Å². The van der Waals surface area contributed by atoms with Crippen molar-refractivity contribution >= 4 is 35.3 Å². The SMILES string of the molecule is CC1(C2CC2)NC(=O)CCN(CC2CSCCS2)C1=O. The molecule has 2 saturated heterocycles. The van der Waals surface area contributed by atoms with Crippen molar-refractivity contribution in [3.05, 3.63) is 0 Å². The number of hydrogen-bond donors (Lipinski definition) is 1. The third kappa shape index (κ3) is 2.96. The molecule has 0 spiro atoms. The Bertz CT molecular complexity index is 408. The molecule has 0 bridgehead atoms.